The second-order valence-electron chi connectivity index (χ2n) is 5.77. The lowest BCUT2D eigenvalue weighted by molar-refractivity contribution is 0.0775. The minimum atomic E-state index is -0.144. The SMILES string of the molecule is COc1ccc(C[C@H](C)CN(C)C(=O)c2cncc(O)c2)cc1. The van der Waals surface area contributed by atoms with Crippen LogP contribution in [0.1, 0.15) is 22.8 Å². The standard InChI is InChI=1S/C18H22N2O3/c1-13(8-14-4-6-17(23-3)7-5-14)12-20(2)18(22)15-9-16(21)11-19-10-15/h4-7,9-11,13,21H,8,12H2,1-3H3/t13-/m0/s1. The van der Waals surface area contributed by atoms with Gasteiger partial charge < -0.3 is 14.7 Å². The van der Waals surface area contributed by atoms with Gasteiger partial charge in [0.2, 0.25) is 0 Å². The molecule has 0 bridgehead atoms. The second kappa shape index (κ2) is 7.63. The van der Waals surface area contributed by atoms with Crippen molar-refractivity contribution in [2.45, 2.75) is 13.3 Å². The average molecular weight is 314 g/mol. The number of benzene rings is 1. The van der Waals surface area contributed by atoms with Crippen LogP contribution >= 0.6 is 0 Å². The Balaban J connectivity index is 1.93. The van der Waals surface area contributed by atoms with Gasteiger partial charge in [0.05, 0.1) is 18.9 Å². The number of hydrogen-bond acceptors (Lipinski definition) is 4. The van der Waals surface area contributed by atoms with Crippen LogP contribution in [0, 0.1) is 5.92 Å². The molecular weight excluding hydrogens is 292 g/mol. The first-order valence-electron chi connectivity index (χ1n) is 7.52. The van der Waals surface area contributed by atoms with E-state index in [-0.39, 0.29) is 11.7 Å². The van der Waals surface area contributed by atoms with Crippen LogP contribution in [-0.2, 0) is 6.42 Å². The summed E-state index contributed by atoms with van der Waals surface area (Å²) in [5.74, 6) is 0.998. The predicted octanol–water partition coefficient (Wildman–Crippen LogP) is 2.75. The van der Waals surface area contributed by atoms with Crippen molar-refractivity contribution < 1.29 is 14.6 Å². The van der Waals surface area contributed by atoms with Crippen LogP contribution in [0.15, 0.2) is 42.7 Å². The maximum atomic E-state index is 12.3. The zero-order chi connectivity index (χ0) is 16.8. The summed E-state index contributed by atoms with van der Waals surface area (Å²) in [5, 5.41) is 9.42. The molecule has 0 spiro atoms. The molecule has 0 aliphatic heterocycles. The molecule has 0 aliphatic carbocycles. The summed E-state index contributed by atoms with van der Waals surface area (Å²) in [6, 6.07) is 9.39. The molecule has 0 fully saturated rings. The average Bonchev–Trinajstić information content (AvgIpc) is 2.54. The molecule has 23 heavy (non-hydrogen) atoms. The molecule has 122 valence electrons. The molecule has 2 aromatic rings. The van der Waals surface area contributed by atoms with Gasteiger partial charge in [-0.1, -0.05) is 19.1 Å². The van der Waals surface area contributed by atoms with Gasteiger partial charge >= 0.3 is 0 Å². The molecule has 1 amide bonds. The normalized spacial score (nSPS) is 11.8. The highest BCUT2D eigenvalue weighted by Crippen LogP contribution is 2.16. The van der Waals surface area contributed by atoms with Gasteiger partial charge in [-0.15, -0.1) is 0 Å². The van der Waals surface area contributed by atoms with Crippen molar-refractivity contribution in [2.75, 3.05) is 20.7 Å². The monoisotopic (exact) mass is 314 g/mol. The molecule has 0 saturated carbocycles. The van der Waals surface area contributed by atoms with E-state index < -0.39 is 0 Å². The van der Waals surface area contributed by atoms with E-state index in [4.69, 9.17) is 4.74 Å². The fraction of sp³-hybridized carbons (Fsp3) is 0.333. The van der Waals surface area contributed by atoms with Gasteiger partial charge in [0.25, 0.3) is 5.91 Å². The van der Waals surface area contributed by atoms with Gasteiger partial charge in [0.1, 0.15) is 11.5 Å². The van der Waals surface area contributed by atoms with Crippen molar-refractivity contribution in [1.82, 2.24) is 9.88 Å². The maximum Gasteiger partial charge on any atom is 0.255 e. The third kappa shape index (κ3) is 4.71. The van der Waals surface area contributed by atoms with Crippen molar-refractivity contribution in [2.24, 2.45) is 5.92 Å². The van der Waals surface area contributed by atoms with Gasteiger partial charge in [-0.25, -0.2) is 0 Å². The predicted molar refractivity (Wildman–Crippen MR) is 88.7 cm³/mol. The van der Waals surface area contributed by atoms with Crippen LogP contribution in [0.25, 0.3) is 0 Å². The Hall–Kier alpha value is -2.56. The number of nitrogens with zero attached hydrogens (tertiary/aromatic N) is 2. The largest absolute Gasteiger partial charge is 0.506 e. The zero-order valence-electron chi connectivity index (χ0n) is 13.7. The first kappa shape index (κ1) is 16.8. The van der Waals surface area contributed by atoms with Crippen LogP contribution < -0.4 is 4.74 Å². The van der Waals surface area contributed by atoms with Crippen molar-refractivity contribution >= 4 is 5.91 Å². The highest BCUT2D eigenvalue weighted by molar-refractivity contribution is 5.94. The molecule has 0 aliphatic rings. The summed E-state index contributed by atoms with van der Waals surface area (Å²) in [6.45, 7) is 2.73. The lowest BCUT2D eigenvalue weighted by Crippen LogP contribution is -2.31. The number of pyridine rings is 1. The van der Waals surface area contributed by atoms with Crippen molar-refractivity contribution in [1.29, 1.82) is 0 Å². The molecule has 1 aromatic carbocycles. The minimum Gasteiger partial charge on any atom is -0.506 e. The topological polar surface area (TPSA) is 62.7 Å². The number of methoxy groups -OCH3 is 1. The molecule has 0 saturated heterocycles. The number of carbonyl (C=O) groups excluding carboxylic acids is 1. The summed E-state index contributed by atoms with van der Waals surface area (Å²) in [5.41, 5.74) is 1.60. The summed E-state index contributed by atoms with van der Waals surface area (Å²) in [4.78, 5) is 17.8. The van der Waals surface area contributed by atoms with E-state index >= 15 is 0 Å². The van der Waals surface area contributed by atoms with E-state index in [1.54, 1.807) is 19.1 Å². The number of carbonyl (C=O) groups is 1. The number of aromatic hydroxyl groups is 1. The van der Waals surface area contributed by atoms with E-state index in [0.29, 0.717) is 18.0 Å². The second-order valence-corrected chi connectivity index (χ2v) is 5.77. The van der Waals surface area contributed by atoms with Crippen LogP contribution in [0.5, 0.6) is 11.5 Å². The molecule has 5 heteroatoms. The van der Waals surface area contributed by atoms with Gasteiger partial charge in [0, 0.05) is 19.8 Å². The van der Waals surface area contributed by atoms with Crippen LogP contribution in [0.3, 0.4) is 0 Å². The van der Waals surface area contributed by atoms with Gasteiger partial charge in [0.15, 0.2) is 0 Å². The fourth-order valence-corrected chi connectivity index (χ4v) is 2.54. The van der Waals surface area contributed by atoms with Crippen LogP contribution in [0.2, 0.25) is 0 Å². The van der Waals surface area contributed by atoms with Crippen molar-refractivity contribution in [3.05, 3.63) is 53.9 Å². The highest BCUT2D eigenvalue weighted by Gasteiger charge is 2.15. The molecule has 5 nitrogen and oxygen atoms in total. The molecule has 1 N–H and O–H groups in total. The minimum absolute atomic E-state index is 0.00414. The first-order valence-corrected chi connectivity index (χ1v) is 7.52. The molecule has 0 unspecified atom stereocenters. The van der Waals surface area contributed by atoms with Crippen molar-refractivity contribution in [3.8, 4) is 11.5 Å². The van der Waals surface area contributed by atoms with Crippen molar-refractivity contribution in [3.63, 3.8) is 0 Å². The number of hydrogen-bond donors (Lipinski definition) is 1. The third-order valence-corrected chi connectivity index (χ3v) is 3.65. The number of ether oxygens (including phenoxy) is 1. The highest BCUT2D eigenvalue weighted by atomic mass is 16.5. The summed E-state index contributed by atoms with van der Waals surface area (Å²) in [6.07, 6.45) is 3.65. The van der Waals surface area contributed by atoms with E-state index in [1.807, 2.05) is 24.3 Å². The quantitative estimate of drug-likeness (QED) is 0.890. The zero-order valence-corrected chi connectivity index (χ0v) is 13.7. The summed E-state index contributed by atoms with van der Waals surface area (Å²) < 4.78 is 5.15. The van der Waals surface area contributed by atoms with Gasteiger partial charge in [-0.3, -0.25) is 9.78 Å². The van der Waals surface area contributed by atoms with E-state index in [1.165, 1.54) is 24.0 Å². The van der Waals surface area contributed by atoms with E-state index in [0.717, 1.165) is 12.2 Å². The number of amides is 1. The van der Waals surface area contributed by atoms with Crippen LogP contribution in [-0.4, -0.2) is 41.6 Å². The molecule has 1 aromatic heterocycles. The van der Waals surface area contributed by atoms with Gasteiger partial charge in [-0.05, 0) is 36.1 Å². The maximum absolute atomic E-state index is 12.3. The Morgan fingerprint density at radius 2 is 2.00 bits per heavy atom. The lowest BCUT2D eigenvalue weighted by Gasteiger charge is -2.22. The summed E-state index contributed by atoms with van der Waals surface area (Å²) >= 11 is 0. The Morgan fingerprint density at radius 3 is 2.61 bits per heavy atom. The Kier molecular flexibility index (Phi) is 5.57. The molecule has 2 rings (SSSR count). The first-order chi connectivity index (χ1) is 11.0. The molecule has 1 atom stereocenters. The van der Waals surface area contributed by atoms with Crippen LogP contribution in [0.4, 0.5) is 0 Å². The third-order valence-electron chi connectivity index (χ3n) is 3.65. The molecular formula is C18H22N2O3. The lowest BCUT2D eigenvalue weighted by atomic mass is 10.0. The fourth-order valence-electron chi connectivity index (χ4n) is 2.54. The smallest absolute Gasteiger partial charge is 0.255 e. The molecule has 0 radical (unpaired) electrons. The Morgan fingerprint density at radius 1 is 1.30 bits per heavy atom. The Labute approximate surface area is 136 Å². The number of rotatable bonds is 6. The van der Waals surface area contributed by atoms with E-state index in [9.17, 15) is 9.90 Å². The molecule has 1 heterocycles. The van der Waals surface area contributed by atoms with Gasteiger partial charge in [-0.2, -0.15) is 0 Å². The number of aromatic nitrogens is 1. The summed E-state index contributed by atoms with van der Waals surface area (Å²) in [7, 11) is 3.41. The Bertz CT molecular complexity index is 656. The van der Waals surface area contributed by atoms with E-state index in [2.05, 4.69) is 11.9 Å².